The second-order valence-electron chi connectivity index (χ2n) is 6.27. The summed E-state index contributed by atoms with van der Waals surface area (Å²) in [6.45, 7) is 10.1. The molecule has 1 atom stereocenters. The van der Waals surface area contributed by atoms with Gasteiger partial charge in [0.05, 0.1) is 0 Å². The maximum atomic E-state index is 3.74. The van der Waals surface area contributed by atoms with Gasteiger partial charge in [0.2, 0.25) is 0 Å². The first kappa shape index (κ1) is 13.6. The maximum Gasteiger partial charge on any atom is 0.0292 e. The van der Waals surface area contributed by atoms with Crippen molar-refractivity contribution in [3.05, 3.63) is 34.9 Å². The number of aryl methyl sites for hydroxylation is 2. The van der Waals surface area contributed by atoms with E-state index in [9.17, 15) is 0 Å². The highest BCUT2D eigenvalue weighted by atomic mass is 14.9. The van der Waals surface area contributed by atoms with Gasteiger partial charge < -0.3 is 5.32 Å². The summed E-state index contributed by atoms with van der Waals surface area (Å²) in [5, 5.41) is 3.74. The summed E-state index contributed by atoms with van der Waals surface area (Å²) in [4.78, 5) is 0. The normalized spacial score (nSPS) is 18.7. The minimum atomic E-state index is 0.470. The van der Waals surface area contributed by atoms with E-state index in [1.54, 1.807) is 0 Å². The summed E-state index contributed by atoms with van der Waals surface area (Å²) in [5.74, 6) is 0. The first-order chi connectivity index (χ1) is 8.54. The Hall–Kier alpha value is -0.820. The smallest absolute Gasteiger partial charge is 0.0292 e. The molecule has 1 nitrogen and oxygen atoms in total. The zero-order valence-electron chi connectivity index (χ0n) is 12.3. The predicted octanol–water partition coefficient (Wildman–Crippen LogP) is 4.53. The Kier molecular flexibility index (Phi) is 4.11. The Bertz CT molecular complexity index is 384. The van der Waals surface area contributed by atoms with Crippen molar-refractivity contribution in [3.8, 4) is 0 Å². The van der Waals surface area contributed by atoms with Gasteiger partial charge in [-0.1, -0.05) is 42.7 Å². The molecular weight excluding hydrogens is 218 g/mol. The molecule has 1 N–H and O–H groups in total. The van der Waals surface area contributed by atoms with E-state index in [0.29, 0.717) is 11.5 Å². The summed E-state index contributed by atoms with van der Waals surface area (Å²) < 4.78 is 0. The van der Waals surface area contributed by atoms with Crippen LogP contribution in [0, 0.1) is 19.3 Å². The number of hydrogen-bond acceptors (Lipinski definition) is 1. The van der Waals surface area contributed by atoms with E-state index < -0.39 is 0 Å². The fourth-order valence-corrected chi connectivity index (χ4v) is 2.97. The van der Waals surface area contributed by atoms with E-state index in [2.05, 4.69) is 51.2 Å². The molecule has 100 valence electrons. The van der Waals surface area contributed by atoms with Crippen LogP contribution in [0.15, 0.2) is 18.2 Å². The van der Waals surface area contributed by atoms with Crippen LogP contribution in [0.2, 0.25) is 0 Å². The molecule has 1 aromatic carbocycles. The third-order valence-corrected chi connectivity index (χ3v) is 4.26. The van der Waals surface area contributed by atoms with Crippen molar-refractivity contribution in [2.24, 2.45) is 5.41 Å². The molecule has 18 heavy (non-hydrogen) atoms. The largest absolute Gasteiger partial charge is 0.310 e. The van der Waals surface area contributed by atoms with Crippen molar-refractivity contribution in [3.63, 3.8) is 0 Å². The Balaban J connectivity index is 1.93. The van der Waals surface area contributed by atoms with Crippen LogP contribution in [0.4, 0.5) is 0 Å². The van der Waals surface area contributed by atoms with Crippen LogP contribution < -0.4 is 5.32 Å². The molecule has 0 aromatic heterocycles. The van der Waals surface area contributed by atoms with Crippen LogP contribution in [0.25, 0.3) is 0 Å². The molecule has 0 aliphatic heterocycles. The van der Waals surface area contributed by atoms with Gasteiger partial charge in [-0.2, -0.15) is 0 Å². The highest BCUT2D eigenvalue weighted by Gasteiger charge is 2.41. The molecule has 0 heterocycles. The van der Waals surface area contributed by atoms with Crippen molar-refractivity contribution in [2.75, 3.05) is 6.54 Å². The molecular formula is C17H27N. The zero-order chi connectivity index (χ0) is 13.2. The van der Waals surface area contributed by atoms with E-state index in [4.69, 9.17) is 0 Å². The highest BCUT2D eigenvalue weighted by molar-refractivity contribution is 5.30. The maximum absolute atomic E-state index is 3.74. The lowest BCUT2D eigenvalue weighted by Gasteiger charge is -2.20. The fraction of sp³-hybridized carbons (Fsp3) is 0.647. The van der Waals surface area contributed by atoms with Crippen LogP contribution in [-0.2, 0) is 0 Å². The van der Waals surface area contributed by atoms with E-state index in [-0.39, 0.29) is 0 Å². The lowest BCUT2D eigenvalue weighted by atomic mass is 9.98. The van der Waals surface area contributed by atoms with Gasteiger partial charge in [0.25, 0.3) is 0 Å². The number of rotatable bonds is 6. The predicted molar refractivity (Wildman–Crippen MR) is 78.9 cm³/mol. The van der Waals surface area contributed by atoms with Crippen LogP contribution in [-0.4, -0.2) is 6.54 Å². The molecule has 0 bridgehead atoms. The minimum Gasteiger partial charge on any atom is -0.310 e. The molecule has 0 radical (unpaired) electrons. The van der Waals surface area contributed by atoms with Gasteiger partial charge in [-0.15, -0.1) is 0 Å². The molecule has 1 unspecified atom stereocenters. The SMILES string of the molecule is CCCC1(CNC(C)c2cc(C)cc(C)c2)CC1. The van der Waals surface area contributed by atoms with Crippen LogP contribution in [0.1, 0.15) is 62.3 Å². The van der Waals surface area contributed by atoms with Gasteiger partial charge in [-0.3, -0.25) is 0 Å². The fourth-order valence-electron chi connectivity index (χ4n) is 2.97. The average molecular weight is 245 g/mol. The molecule has 0 amide bonds. The van der Waals surface area contributed by atoms with Gasteiger partial charge in [0, 0.05) is 12.6 Å². The molecule has 0 spiro atoms. The Morgan fingerprint density at radius 1 is 1.17 bits per heavy atom. The summed E-state index contributed by atoms with van der Waals surface area (Å²) >= 11 is 0. The molecule has 0 saturated heterocycles. The number of hydrogen-bond donors (Lipinski definition) is 1. The molecule has 2 rings (SSSR count). The van der Waals surface area contributed by atoms with Crippen molar-refractivity contribution in [1.29, 1.82) is 0 Å². The zero-order valence-corrected chi connectivity index (χ0v) is 12.3. The van der Waals surface area contributed by atoms with E-state index >= 15 is 0 Å². The van der Waals surface area contributed by atoms with Gasteiger partial charge in [0.1, 0.15) is 0 Å². The van der Waals surface area contributed by atoms with Gasteiger partial charge in [-0.25, -0.2) is 0 Å². The Labute approximate surface area is 112 Å². The van der Waals surface area contributed by atoms with E-state index in [1.807, 2.05) is 0 Å². The van der Waals surface area contributed by atoms with Gasteiger partial charge in [0.15, 0.2) is 0 Å². The first-order valence-electron chi connectivity index (χ1n) is 7.36. The quantitative estimate of drug-likeness (QED) is 0.776. The minimum absolute atomic E-state index is 0.470. The molecule has 1 heteroatoms. The number of benzene rings is 1. The monoisotopic (exact) mass is 245 g/mol. The van der Waals surface area contributed by atoms with E-state index in [0.717, 1.165) is 0 Å². The topological polar surface area (TPSA) is 12.0 Å². The van der Waals surface area contributed by atoms with Crippen LogP contribution >= 0.6 is 0 Å². The molecule has 1 aliphatic rings. The van der Waals surface area contributed by atoms with E-state index in [1.165, 1.54) is 48.9 Å². The lowest BCUT2D eigenvalue weighted by Crippen LogP contribution is -2.26. The van der Waals surface area contributed by atoms with Crippen LogP contribution in [0.5, 0.6) is 0 Å². The van der Waals surface area contributed by atoms with Crippen molar-refractivity contribution < 1.29 is 0 Å². The van der Waals surface area contributed by atoms with Crippen molar-refractivity contribution >= 4 is 0 Å². The number of nitrogens with one attached hydrogen (secondary N) is 1. The van der Waals surface area contributed by atoms with Crippen molar-refractivity contribution in [1.82, 2.24) is 5.32 Å². The summed E-state index contributed by atoms with van der Waals surface area (Å²) in [7, 11) is 0. The Morgan fingerprint density at radius 3 is 2.28 bits per heavy atom. The molecule has 1 aliphatic carbocycles. The summed E-state index contributed by atoms with van der Waals surface area (Å²) in [5.41, 5.74) is 4.81. The average Bonchev–Trinajstić information content (AvgIpc) is 3.06. The molecule has 1 fully saturated rings. The first-order valence-corrected chi connectivity index (χ1v) is 7.36. The third kappa shape index (κ3) is 3.35. The van der Waals surface area contributed by atoms with Gasteiger partial charge >= 0.3 is 0 Å². The second kappa shape index (κ2) is 5.44. The van der Waals surface area contributed by atoms with Crippen molar-refractivity contribution in [2.45, 2.75) is 59.4 Å². The summed E-state index contributed by atoms with van der Waals surface area (Å²) in [6, 6.07) is 7.34. The summed E-state index contributed by atoms with van der Waals surface area (Å²) in [6.07, 6.45) is 5.56. The third-order valence-electron chi connectivity index (χ3n) is 4.26. The Morgan fingerprint density at radius 2 is 1.78 bits per heavy atom. The molecule has 1 saturated carbocycles. The van der Waals surface area contributed by atoms with Crippen LogP contribution in [0.3, 0.4) is 0 Å². The lowest BCUT2D eigenvalue weighted by molar-refractivity contribution is 0.397. The molecule has 1 aromatic rings. The standard InChI is InChI=1S/C17H27N/c1-5-6-17(7-8-17)12-18-15(4)16-10-13(2)9-14(3)11-16/h9-11,15,18H,5-8,12H2,1-4H3. The second-order valence-corrected chi connectivity index (χ2v) is 6.27. The van der Waals surface area contributed by atoms with Gasteiger partial charge in [-0.05, 0) is 51.0 Å². The highest BCUT2D eigenvalue weighted by Crippen LogP contribution is 2.49.